The van der Waals surface area contributed by atoms with Gasteiger partial charge in [0.05, 0.1) is 34.2 Å². The van der Waals surface area contributed by atoms with E-state index in [0.717, 1.165) is 12.8 Å². The first-order valence-corrected chi connectivity index (χ1v) is 10.7. The monoisotopic (exact) mass is 436 g/mol. The Kier molecular flexibility index (Phi) is 5.89. The van der Waals surface area contributed by atoms with Crippen molar-refractivity contribution in [3.05, 3.63) is 64.2 Å². The number of rotatable bonds is 7. The van der Waals surface area contributed by atoms with E-state index < -0.39 is 28.8 Å². The summed E-state index contributed by atoms with van der Waals surface area (Å²) in [5.41, 5.74) is 1.44. The quantitative estimate of drug-likeness (QED) is 0.241. The molecule has 0 bridgehead atoms. The minimum absolute atomic E-state index is 0.0959. The average Bonchev–Trinajstić information content (AvgIpc) is 3.17. The largest absolute Gasteiger partial charge is 0.465 e. The third-order valence-corrected chi connectivity index (χ3v) is 5.67. The Morgan fingerprint density at radius 3 is 2.59 bits per heavy atom. The molecule has 3 aromatic rings. The van der Waals surface area contributed by atoms with Gasteiger partial charge in [0.25, 0.3) is 5.69 Å². The fraction of sp³-hybridized carbons (Fsp3) is 0.348. The van der Waals surface area contributed by atoms with E-state index in [4.69, 9.17) is 4.74 Å². The Labute approximate surface area is 184 Å². The van der Waals surface area contributed by atoms with Crippen molar-refractivity contribution in [1.29, 1.82) is 0 Å². The highest BCUT2D eigenvalue weighted by Crippen LogP contribution is 2.43. The van der Waals surface area contributed by atoms with Crippen molar-refractivity contribution in [2.24, 2.45) is 5.92 Å². The molecule has 0 saturated heterocycles. The normalized spacial score (nSPS) is 17.9. The summed E-state index contributed by atoms with van der Waals surface area (Å²) in [6.07, 6.45) is 1.57. The van der Waals surface area contributed by atoms with Crippen molar-refractivity contribution in [1.82, 2.24) is 9.55 Å². The fourth-order valence-corrected chi connectivity index (χ4v) is 4.26. The number of anilines is 1. The van der Waals surface area contributed by atoms with Crippen molar-refractivity contribution in [3.63, 3.8) is 0 Å². The number of unbranched alkanes of at least 4 members (excludes halogenated alkanes) is 1. The SMILES string of the molecule is CCCCN1C(=O)C(C(=O)OCC)C(c2ccccc2[N+](=O)[O-])n2c1nc1ccccc12. The maximum Gasteiger partial charge on any atom is 0.321 e. The van der Waals surface area contributed by atoms with Crippen LogP contribution in [0.2, 0.25) is 0 Å². The molecule has 0 fully saturated rings. The van der Waals surface area contributed by atoms with Crippen LogP contribution in [0.4, 0.5) is 11.6 Å². The van der Waals surface area contributed by atoms with Gasteiger partial charge in [-0.3, -0.25) is 24.6 Å². The number of carbonyl (C=O) groups excluding carboxylic acids is 2. The minimum atomic E-state index is -1.27. The van der Waals surface area contributed by atoms with Gasteiger partial charge in [0, 0.05) is 12.6 Å². The van der Waals surface area contributed by atoms with E-state index >= 15 is 0 Å². The molecule has 166 valence electrons. The lowest BCUT2D eigenvalue weighted by molar-refractivity contribution is -0.385. The Bertz CT molecular complexity index is 1190. The molecule has 0 N–H and O–H groups in total. The van der Waals surface area contributed by atoms with Crippen molar-refractivity contribution < 1.29 is 19.2 Å². The second kappa shape index (κ2) is 8.78. The van der Waals surface area contributed by atoms with Gasteiger partial charge in [0.15, 0.2) is 5.92 Å². The van der Waals surface area contributed by atoms with E-state index in [1.54, 1.807) is 29.7 Å². The summed E-state index contributed by atoms with van der Waals surface area (Å²) in [6, 6.07) is 12.6. The van der Waals surface area contributed by atoms with Crippen LogP contribution in [0.1, 0.15) is 38.3 Å². The van der Waals surface area contributed by atoms with Crippen LogP contribution in [0.25, 0.3) is 11.0 Å². The number of benzene rings is 2. The number of esters is 1. The smallest absolute Gasteiger partial charge is 0.321 e. The van der Waals surface area contributed by atoms with E-state index in [-0.39, 0.29) is 17.9 Å². The second-order valence-electron chi connectivity index (χ2n) is 7.60. The Morgan fingerprint density at radius 1 is 1.16 bits per heavy atom. The maximum atomic E-state index is 13.7. The van der Waals surface area contributed by atoms with Crippen molar-refractivity contribution in [2.45, 2.75) is 32.7 Å². The van der Waals surface area contributed by atoms with E-state index in [1.807, 2.05) is 31.2 Å². The molecule has 1 aromatic heterocycles. The Morgan fingerprint density at radius 2 is 1.88 bits per heavy atom. The number of nitrogens with zero attached hydrogens (tertiary/aromatic N) is 4. The van der Waals surface area contributed by atoms with Gasteiger partial charge in [-0.15, -0.1) is 0 Å². The van der Waals surface area contributed by atoms with Crippen molar-refractivity contribution >= 4 is 34.5 Å². The van der Waals surface area contributed by atoms with Gasteiger partial charge in [-0.05, 0) is 25.5 Å². The zero-order valence-corrected chi connectivity index (χ0v) is 17.9. The third-order valence-electron chi connectivity index (χ3n) is 5.67. The van der Waals surface area contributed by atoms with Gasteiger partial charge in [0.2, 0.25) is 11.9 Å². The zero-order valence-electron chi connectivity index (χ0n) is 17.9. The van der Waals surface area contributed by atoms with Crippen LogP contribution in [0.5, 0.6) is 0 Å². The van der Waals surface area contributed by atoms with E-state index in [1.165, 1.54) is 11.0 Å². The third kappa shape index (κ3) is 3.49. The van der Waals surface area contributed by atoms with Gasteiger partial charge in [-0.1, -0.05) is 43.7 Å². The number of nitro groups is 1. The van der Waals surface area contributed by atoms with E-state index in [2.05, 4.69) is 4.98 Å². The molecule has 1 aliphatic rings. The molecule has 2 aromatic carbocycles. The van der Waals surface area contributed by atoms with Gasteiger partial charge < -0.3 is 9.30 Å². The highest BCUT2D eigenvalue weighted by atomic mass is 16.6. The van der Waals surface area contributed by atoms with Crippen LogP contribution in [-0.2, 0) is 14.3 Å². The van der Waals surface area contributed by atoms with Crippen molar-refractivity contribution in [2.75, 3.05) is 18.1 Å². The number of para-hydroxylation sites is 3. The summed E-state index contributed by atoms with van der Waals surface area (Å²) < 4.78 is 7.04. The second-order valence-corrected chi connectivity index (χ2v) is 7.60. The first kappa shape index (κ1) is 21.5. The summed E-state index contributed by atoms with van der Waals surface area (Å²) in [5, 5.41) is 11.8. The lowest BCUT2D eigenvalue weighted by Crippen LogP contribution is -2.50. The first-order chi connectivity index (χ1) is 15.5. The number of hydrogen-bond acceptors (Lipinski definition) is 6. The summed E-state index contributed by atoms with van der Waals surface area (Å²) in [4.78, 5) is 44.3. The van der Waals surface area contributed by atoms with Crippen molar-refractivity contribution in [3.8, 4) is 0 Å². The molecule has 0 spiro atoms. The van der Waals surface area contributed by atoms with Crippen LogP contribution in [-0.4, -0.2) is 39.5 Å². The number of imidazole rings is 1. The molecule has 1 amide bonds. The predicted molar refractivity (Wildman–Crippen MR) is 118 cm³/mol. The van der Waals surface area contributed by atoms with Gasteiger partial charge in [-0.25, -0.2) is 4.98 Å². The Hall–Kier alpha value is -3.75. The minimum Gasteiger partial charge on any atom is -0.465 e. The lowest BCUT2D eigenvalue weighted by Gasteiger charge is -2.37. The molecule has 9 heteroatoms. The molecule has 9 nitrogen and oxygen atoms in total. The number of carbonyl (C=O) groups is 2. The summed E-state index contributed by atoms with van der Waals surface area (Å²) >= 11 is 0. The molecule has 0 radical (unpaired) electrons. The predicted octanol–water partition coefficient (Wildman–Crippen LogP) is 3.86. The van der Waals surface area contributed by atoms with E-state index in [0.29, 0.717) is 23.5 Å². The maximum absolute atomic E-state index is 13.7. The zero-order chi connectivity index (χ0) is 22.8. The summed E-state index contributed by atoms with van der Waals surface area (Å²) in [5.74, 6) is -2.04. The molecule has 4 rings (SSSR count). The van der Waals surface area contributed by atoms with Crippen LogP contribution in [0.15, 0.2) is 48.5 Å². The average molecular weight is 436 g/mol. The number of hydrogen-bond donors (Lipinski definition) is 0. The molecular weight excluding hydrogens is 412 g/mol. The van der Waals surface area contributed by atoms with Gasteiger partial charge in [0.1, 0.15) is 0 Å². The molecule has 2 unspecified atom stereocenters. The van der Waals surface area contributed by atoms with Gasteiger partial charge in [-0.2, -0.15) is 0 Å². The molecule has 2 atom stereocenters. The molecule has 1 aliphatic heterocycles. The summed E-state index contributed by atoms with van der Waals surface area (Å²) in [7, 11) is 0. The van der Waals surface area contributed by atoms with Gasteiger partial charge >= 0.3 is 5.97 Å². The van der Waals surface area contributed by atoms with Crippen LogP contribution in [0.3, 0.4) is 0 Å². The molecular formula is C23H24N4O5. The highest BCUT2D eigenvalue weighted by molar-refractivity contribution is 6.08. The van der Waals surface area contributed by atoms with Crippen LogP contribution in [0, 0.1) is 16.0 Å². The standard InChI is InChI=1S/C23H24N4O5/c1-3-5-14-25-21(28)19(22(29)32-4-2)20(15-10-6-8-12-17(15)27(30)31)26-18-13-9-7-11-16(18)24-23(25)26/h6-13,19-20H,3-5,14H2,1-2H3. The van der Waals surface area contributed by atoms with Crippen LogP contribution >= 0.6 is 0 Å². The molecule has 0 aliphatic carbocycles. The Balaban J connectivity index is 2.03. The van der Waals surface area contributed by atoms with E-state index in [9.17, 15) is 19.7 Å². The number of ether oxygens (including phenoxy) is 1. The first-order valence-electron chi connectivity index (χ1n) is 10.7. The van der Waals surface area contributed by atoms with Crippen LogP contribution < -0.4 is 4.90 Å². The topological polar surface area (TPSA) is 108 Å². The number of fused-ring (bicyclic) bond motifs is 3. The molecule has 2 heterocycles. The number of amides is 1. The highest BCUT2D eigenvalue weighted by Gasteiger charge is 2.49. The summed E-state index contributed by atoms with van der Waals surface area (Å²) in [6.45, 7) is 4.16. The number of nitro benzene ring substituents is 1. The lowest BCUT2D eigenvalue weighted by atomic mass is 9.88. The fourth-order valence-electron chi connectivity index (χ4n) is 4.26. The molecule has 32 heavy (non-hydrogen) atoms. The molecule has 0 saturated carbocycles. The number of aromatic nitrogens is 2.